The Kier molecular flexibility index (Phi) is 5.23. The number of hydrogen-bond acceptors (Lipinski definition) is 3. The molecule has 4 heteroatoms. The molecule has 21 heavy (non-hydrogen) atoms. The predicted molar refractivity (Wildman–Crippen MR) is 89.8 cm³/mol. The lowest BCUT2D eigenvalue weighted by Crippen LogP contribution is -2.32. The van der Waals surface area contributed by atoms with Crippen LogP contribution >= 0.6 is 0 Å². The van der Waals surface area contributed by atoms with Crippen LogP contribution in [0.15, 0.2) is 24.4 Å². The molecule has 0 atom stereocenters. The standard InChI is InChI=1S/C17H28N4/c1-13(2)11-20(12-14(3)4)17-15(10-18-5)21-9-7-6-8-16(21)19-17/h6-9,13-14,18H,10-12H2,1-5H3. The van der Waals surface area contributed by atoms with Gasteiger partial charge in [0.15, 0.2) is 5.82 Å². The van der Waals surface area contributed by atoms with Crippen molar-refractivity contribution in [3.63, 3.8) is 0 Å². The van der Waals surface area contributed by atoms with Gasteiger partial charge >= 0.3 is 0 Å². The quantitative estimate of drug-likeness (QED) is 0.849. The Labute approximate surface area is 128 Å². The molecule has 116 valence electrons. The van der Waals surface area contributed by atoms with Crippen LogP contribution in [0.1, 0.15) is 33.4 Å². The van der Waals surface area contributed by atoms with Crippen LogP contribution in [0.5, 0.6) is 0 Å². The maximum absolute atomic E-state index is 4.89. The molecule has 0 saturated carbocycles. The fourth-order valence-electron chi connectivity index (χ4n) is 2.75. The molecule has 0 fully saturated rings. The van der Waals surface area contributed by atoms with E-state index in [0.29, 0.717) is 11.8 Å². The lowest BCUT2D eigenvalue weighted by Gasteiger charge is -2.27. The summed E-state index contributed by atoms with van der Waals surface area (Å²) in [6.45, 7) is 12.0. The third kappa shape index (κ3) is 3.76. The molecule has 0 radical (unpaired) electrons. The number of aromatic nitrogens is 2. The molecule has 2 aromatic heterocycles. The average Bonchev–Trinajstić information content (AvgIpc) is 2.77. The van der Waals surface area contributed by atoms with E-state index in [1.165, 1.54) is 5.69 Å². The van der Waals surface area contributed by atoms with Crippen molar-refractivity contribution >= 4 is 11.5 Å². The highest BCUT2D eigenvalue weighted by molar-refractivity contribution is 5.56. The molecule has 0 aromatic carbocycles. The second kappa shape index (κ2) is 6.94. The maximum Gasteiger partial charge on any atom is 0.152 e. The summed E-state index contributed by atoms with van der Waals surface area (Å²) in [5.74, 6) is 2.37. The van der Waals surface area contributed by atoms with Gasteiger partial charge in [0.1, 0.15) is 5.65 Å². The molecule has 0 spiro atoms. The summed E-state index contributed by atoms with van der Waals surface area (Å²) in [5.41, 5.74) is 2.27. The summed E-state index contributed by atoms with van der Waals surface area (Å²) in [5, 5.41) is 3.28. The van der Waals surface area contributed by atoms with E-state index in [9.17, 15) is 0 Å². The van der Waals surface area contributed by atoms with Crippen molar-refractivity contribution < 1.29 is 0 Å². The van der Waals surface area contributed by atoms with Crippen LogP contribution in [-0.4, -0.2) is 29.5 Å². The lowest BCUT2D eigenvalue weighted by molar-refractivity contribution is 0.547. The predicted octanol–water partition coefficient (Wildman–Crippen LogP) is 3.17. The maximum atomic E-state index is 4.89. The number of fused-ring (bicyclic) bond motifs is 1. The number of rotatable bonds is 7. The van der Waals surface area contributed by atoms with Crippen molar-refractivity contribution in [2.75, 3.05) is 25.0 Å². The van der Waals surface area contributed by atoms with Gasteiger partial charge in [0.25, 0.3) is 0 Å². The van der Waals surface area contributed by atoms with E-state index in [1.807, 2.05) is 13.1 Å². The zero-order valence-electron chi connectivity index (χ0n) is 13.9. The van der Waals surface area contributed by atoms with Crippen LogP contribution in [0.25, 0.3) is 5.65 Å². The lowest BCUT2D eigenvalue weighted by atomic mass is 10.1. The minimum absolute atomic E-state index is 0.621. The second-order valence-electron chi connectivity index (χ2n) is 6.53. The van der Waals surface area contributed by atoms with E-state index in [1.54, 1.807) is 0 Å². The Morgan fingerprint density at radius 1 is 1.14 bits per heavy atom. The molecule has 1 N–H and O–H groups in total. The molecule has 0 aliphatic heterocycles. The van der Waals surface area contributed by atoms with Crippen LogP contribution in [0.3, 0.4) is 0 Å². The molecule has 2 rings (SSSR count). The van der Waals surface area contributed by atoms with Crippen molar-refractivity contribution in [2.24, 2.45) is 11.8 Å². The highest BCUT2D eigenvalue weighted by Gasteiger charge is 2.19. The van der Waals surface area contributed by atoms with E-state index in [-0.39, 0.29) is 0 Å². The summed E-state index contributed by atoms with van der Waals surface area (Å²) in [7, 11) is 1.99. The van der Waals surface area contributed by atoms with Crippen LogP contribution in [0.2, 0.25) is 0 Å². The van der Waals surface area contributed by atoms with Gasteiger partial charge in [0, 0.05) is 25.8 Å². The zero-order chi connectivity index (χ0) is 15.4. The molecule has 0 unspecified atom stereocenters. The monoisotopic (exact) mass is 288 g/mol. The molecule has 2 heterocycles. The third-order valence-corrected chi connectivity index (χ3v) is 3.42. The summed E-state index contributed by atoms with van der Waals surface area (Å²) >= 11 is 0. The van der Waals surface area contributed by atoms with E-state index in [4.69, 9.17) is 4.98 Å². The van der Waals surface area contributed by atoms with Crippen molar-refractivity contribution in [1.29, 1.82) is 0 Å². The van der Waals surface area contributed by atoms with Crippen LogP contribution in [0, 0.1) is 11.8 Å². The summed E-state index contributed by atoms with van der Waals surface area (Å²) in [4.78, 5) is 7.33. The Morgan fingerprint density at radius 2 is 1.81 bits per heavy atom. The van der Waals surface area contributed by atoms with Gasteiger partial charge in [-0.25, -0.2) is 4.98 Å². The fraction of sp³-hybridized carbons (Fsp3) is 0.588. The third-order valence-electron chi connectivity index (χ3n) is 3.42. The summed E-state index contributed by atoms with van der Waals surface area (Å²) < 4.78 is 2.19. The molecule has 0 aliphatic carbocycles. The minimum Gasteiger partial charge on any atom is -0.355 e. The minimum atomic E-state index is 0.621. The average molecular weight is 288 g/mol. The van der Waals surface area contributed by atoms with Gasteiger partial charge in [0.05, 0.1) is 5.69 Å². The number of nitrogens with one attached hydrogen (secondary N) is 1. The molecule has 0 bridgehead atoms. The first-order valence-corrected chi connectivity index (χ1v) is 7.88. The second-order valence-corrected chi connectivity index (χ2v) is 6.53. The first-order valence-electron chi connectivity index (χ1n) is 7.88. The molecule has 2 aromatic rings. The van der Waals surface area contributed by atoms with Gasteiger partial charge in [-0.15, -0.1) is 0 Å². The molecular weight excluding hydrogens is 260 g/mol. The Hall–Kier alpha value is -1.55. The van der Waals surface area contributed by atoms with E-state index in [0.717, 1.165) is 31.1 Å². The smallest absolute Gasteiger partial charge is 0.152 e. The summed E-state index contributed by atoms with van der Waals surface area (Å²) in [6, 6.07) is 6.18. The first-order chi connectivity index (χ1) is 10.0. The normalized spacial score (nSPS) is 11.8. The van der Waals surface area contributed by atoms with Crippen LogP contribution < -0.4 is 10.2 Å². The van der Waals surface area contributed by atoms with E-state index in [2.05, 4.69) is 60.6 Å². The molecular formula is C17H28N4. The summed E-state index contributed by atoms with van der Waals surface area (Å²) in [6.07, 6.45) is 2.10. The van der Waals surface area contributed by atoms with Gasteiger partial charge in [-0.3, -0.25) is 0 Å². The topological polar surface area (TPSA) is 32.6 Å². The SMILES string of the molecule is CNCc1c(N(CC(C)C)CC(C)C)nc2ccccn12. The number of nitrogens with zero attached hydrogens (tertiary/aromatic N) is 3. The fourth-order valence-corrected chi connectivity index (χ4v) is 2.75. The van der Waals surface area contributed by atoms with Gasteiger partial charge in [-0.05, 0) is 31.0 Å². The largest absolute Gasteiger partial charge is 0.355 e. The highest BCUT2D eigenvalue weighted by Crippen LogP contribution is 2.23. The molecule has 4 nitrogen and oxygen atoms in total. The first kappa shape index (κ1) is 15.8. The van der Waals surface area contributed by atoms with Crippen molar-refractivity contribution in [2.45, 2.75) is 34.2 Å². The highest BCUT2D eigenvalue weighted by atomic mass is 15.2. The van der Waals surface area contributed by atoms with Crippen LogP contribution in [0.4, 0.5) is 5.82 Å². The molecule has 0 aliphatic rings. The number of anilines is 1. The number of pyridine rings is 1. The molecule has 0 amide bonds. The Morgan fingerprint density at radius 3 is 2.38 bits per heavy atom. The van der Waals surface area contributed by atoms with Crippen molar-refractivity contribution in [3.8, 4) is 0 Å². The number of hydrogen-bond donors (Lipinski definition) is 1. The van der Waals surface area contributed by atoms with E-state index < -0.39 is 0 Å². The number of imidazole rings is 1. The van der Waals surface area contributed by atoms with Crippen LogP contribution in [-0.2, 0) is 6.54 Å². The van der Waals surface area contributed by atoms with Gasteiger partial charge in [0.2, 0.25) is 0 Å². The Balaban J connectivity index is 2.46. The van der Waals surface area contributed by atoms with E-state index >= 15 is 0 Å². The zero-order valence-corrected chi connectivity index (χ0v) is 13.9. The van der Waals surface area contributed by atoms with Crippen molar-refractivity contribution in [3.05, 3.63) is 30.1 Å². The van der Waals surface area contributed by atoms with Gasteiger partial charge < -0.3 is 14.6 Å². The Bertz CT molecular complexity index is 561. The van der Waals surface area contributed by atoms with Crippen molar-refractivity contribution in [1.82, 2.24) is 14.7 Å². The molecule has 0 saturated heterocycles. The van der Waals surface area contributed by atoms with Gasteiger partial charge in [-0.1, -0.05) is 33.8 Å². The van der Waals surface area contributed by atoms with Gasteiger partial charge in [-0.2, -0.15) is 0 Å².